The molecule has 0 saturated heterocycles. The van der Waals surface area contributed by atoms with Crippen molar-refractivity contribution in [1.29, 1.82) is 0 Å². The maximum atomic E-state index is 14.2. The van der Waals surface area contributed by atoms with Crippen LogP contribution in [0.3, 0.4) is 0 Å². The van der Waals surface area contributed by atoms with E-state index >= 15 is 0 Å². The molecular weight excluding hydrogens is 576 g/mol. The van der Waals surface area contributed by atoms with Crippen LogP contribution in [-0.4, -0.2) is 43.3 Å². The summed E-state index contributed by atoms with van der Waals surface area (Å²) < 4.78 is 11.2. The summed E-state index contributed by atoms with van der Waals surface area (Å²) >= 11 is 0. The van der Waals surface area contributed by atoms with Crippen LogP contribution < -0.4 is 10.6 Å². The summed E-state index contributed by atoms with van der Waals surface area (Å²) in [6.45, 7) is 7.66. The molecule has 0 heterocycles. The third-order valence-corrected chi connectivity index (χ3v) is 8.20. The molecule has 5 rings (SSSR count). The fraction of sp³-hybridized carbons (Fsp3) is 0.256. The van der Waals surface area contributed by atoms with E-state index in [9.17, 15) is 14.4 Å². The molecule has 4 aromatic carbocycles. The third kappa shape index (κ3) is 7.54. The fourth-order valence-corrected chi connectivity index (χ4v) is 6.15. The molecule has 2 amide bonds. The van der Waals surface area contributed by atoms with Crippen LogP contribution in [0.15, 0.2) is 122 Å². The number of ether oxygens (including phenoxy) is 2. The number of hydrogen-bond acceptors (Lipinski definition) is 5. The molecule has 2 atom stereocenters. The Morgan fingerprint density at radius 3 is 1.78 bits per heavy atom. The van der Waals surface area contributed by atoms with E-state index in [1.807, 2.05) is 98.8 Å². The average molecular weight is 617 g/mol. The first-order valence-electron chi connectivity index (χ1n) is 15.7. The Labute approximate surface area is 270 Å². The van der Waals surface area contributed by atoms with E-state index < -0.39 is 36.0 Å². The Kier molecular flexibility index (Phi) is 10.7. The van der Waals surface area contributed by atoms with Gasteiger partial charge in [0.1, 0.15) is 25.3 Å². The summed E-state index contributed by atoms with van der Waals surface area (Å²) in [4.78, 5) is 40.8. The Morgan fingerprint density at radius 2 is 1.26 bits per heavy atom. The van der Waals surface area contributed by atoms with Gasteiger partial charge in [0.15, 0.2) is 0 Å². The molecule has 2 N–H and O–H groups in total. The number of nitrogens with one attached hydrogen (secondary N) is 2. The van der Waals surface area contributed by atoms with Gasteiger partial charge in [0.25, 0.3) is 0 Å². The monoisotopic (exact) mass is 616 g/mol. The van der Waals surface area contributed by atoms with Crippen molar-refractivity contribution < 1.29 is 23.9 Å². The first kappa shape index (κ1) is 32.2. The van der Waals surface area contributed by atoms with Gasteiger partial charge in [0.2, 0.25) is 5.91 Å². The average Bonchev–Trinajstić information content (AvgIpc) is 3.40. The summed E-state index contributed by atoms with van der Waals surface area (Å²) in [6, 6.07) is 33.2. The van der Waals surface area contributed by atoms with Crippen LogP contribution in [0.5, 0.6) is 0 Å². The quantitative estimate of drug-likeness (QED) is 0.125. The molecule has 0 unspecified atom stereocenters. The Hall–Kier alpha value is -5.17. The van der Waals surface area contributed by atoms with Crippen molar-refractivity contribution in [2.24, 2.45) is 5.92 Å². The van der Waals surface area contributed by atoms with Crippen LogP contribution in [0.4, 0.5) is 4.79 Å². The molecule has 0 spiro atoms. The second-order valence-corrected chi connectivity index (χ2v) is 11.9. The van der Waals surface area contributed by atoms with Crippen LogP contribution in [0.1, 0.15) is 54.4 Å². The van der Waals surface area contributed by atoms with Gasteiger partial charge in [-0.25, -0.2) is 9.59 Å². The van der Waals surface area contributed by atoms with E-state index in [4.69, 9.17) is 9.47 Å². The number of fused-ring (bicyclic) bond motifs is 3. The van der Waals surface area contributed by atoms with Crippen molar-refractivity contribution in [1.82, 2.24) is 10.6 Å². The van der Waals surface area contributed by atoms with Gasteiger partial charge in [-0.1, -0.05) is 136 Å². The Balaban J connectivity index is 1.43. The summed E-state index contributed by atoms with van der Waals surface area (Å²) in [7, 11) is 0. The van der Waals surface area contributed by atoms with Crippen LogP contribution in [0.2, 0.25) is 0 Å². The number of esters is 1. The second-order valence-electron chi connectivity index (χ2n) is 11.9. The third-order valence-electron chi connectivity index (χ3n) is 8.20. The van der Waals surface area contributed by atoms with Crippen LogP contribution in [0.25, 0.3) is 11.1 Å². The zero-order valence-corrected chi connectivity index (χ0v) is 26.2. The molecule has 1 aliphatic carbocycles. The number of alkyl carbamates (subject to hydrolysis) is 1. The lowest BCUT2D eigenvalue weighted by molar-refractivity contribution is -0.147. The minimum atomic E-state index is -1.11. The highest BCUT2D eigenvalue weighted by Crippen LogP contribution is 2.44. The lowest BCUT2D eigenvalue weighted by Crippen LogP contribution is -2.54. The van der Waals surface area contributed by atoms with Gasteiger partial charge in [-0.2, -0.15) is 0 Å². The number of carbonyl (C=O) groups excluding carboxylic acids is 3. The van der Waals surface area contributed by atoms with E-state index in [1.54, 1.807) is 0 Å². The molecule has 1 aliphatic rings. The predicted octanol–water partition coefficient (Wildman–Crippen LogP) is 6.99. The summed E-state index contributed by atoms with van der Waals surface area (Å²) in [6.07, 6.45) is 1.11. The van der Waals surface area contributed by atoms with E-state index in [0.29, 0.717) is 6.42 Å². The smallest absolute Gasteiger partial charge is 0.407 e. The fourth-order valence-electron chi connectivity index (χ4n) is 6.15. The molecule has 7 nitrogen and oxygen atoms in total. The van der Waals surface area contributed by atoms with Crippen LogP contribution in [0, 0.1) is 5.92 Å². The summed E-state index contributed by atoms with van der Waals surface area (Å²) in [5.41, 5.74) is 6.07. The van der Waals surface area contributed by atoms with Crippen LogP contribution >= 0.6 is 0 Å². The van der Waals surface area contributed by atoms with E-state index in [-0.39, 0.29) is 25.0 Å². The largest absolute Gasteiger partial charge is 0.460 e. The summed E-state index contributed by atoms with van der Waals surface area (Å²) in [5.74, 6) is -1.70. The van der Waals surface area contributed by atoms with Crippen molar-refractivity contribution in [3.8, 4) is 11.1 Å². The minimum Gasteiger partial charge on any atom is -0.460 e. The number of hydrogen-bond donors (Lipinski definition) is 2. The minimum absolute atomic E-state index is 0.0291. The second kappa shape index (κ2) is 15.2. The van der Waals surface area contributed by atoms with Gasteiger partial charge in [0, 0.05) is 11.8 Å². The number of benzene rings is 4. The highest BCUT2D eigenvalue weighted by Gasteiger charge is 2.36. The molecule has 0 aromatic heterocycles. The molecule has 0 saturated carbocycles. The van der Waals surface area contributed by atoms with Crippen molar-refractivity contribution >= 4 is 18.0 Å². The van der Waals surface area contributed by atoms with Gasteiger partial charge in [-0.3, -0.25) is 4.79 Å². The lowest BCUT2D eigenvalue weighted by atomic mass is 9.84. The number of rotatable bonds is 13. The zero-order chi connectivity index (χ0) is 32.5. The Morgan fingerprint density at radius 1 is 0.739 bits per heavy atom. The highest BCUT2D eigenvalue weighted by atomic mass is 16.5. The number of carbonyl (C=O) groups is 3. The first-order chi connectivity index (χ1) is 22.4. The lowest BCUT2D eigenvalue weighted by Gasteiger charge is -2.30. The van der Waals surface area contributed by atoms with Crippen molar-refractivity contribution in [3.05, 3.63) is 144 Å². The van der Waals surface area contributed by atoms with E-state index in [2.05, 4.69) is 41.5 Å². The maximum Gasteiger partial charge on any atom is 0.407 e. The number of amides is 2. The van der Waals surface area contributed by atoms with Crippen molar-refractivity contribution in [2.75, 3.05) is 13.2 Å². The van der Waals surface area contributed by atoms with Crippen LogP contribution in [-0.2, 0) is 19.1 Å². The van der Waals surface area contributed by atoms with Gasteiger partial charge < -0.3 is 20.1 Å². The van der Waals surface area contributed by atoms with E-state index in [0.717, 1.165) is 33.4 Å². The summed E-state index contributed by atoms with van der Waals surface area (Å²) in [5, 5.41) is 5.77. The molecule has 0 aliphatic heterocycles. The topological polar surface area (TPSA) is 93.7 Å². The molecular formula is C39H40N2O5. The van der Waals surface area contributed by atoms with Crippen molar-refractivity contribution in [2.45, 2.75) is 44.2 Å². The molecule has 0 fully saturated rings. The van der Waals surface area contributed by atoms with E-state index in [1.165, 1.54) is 6.08 Å². The zero-order valence-electron chi connectivity index (χ0n) is 26.2. The molecule has 0 bridgehead atoms. The Bertz CT molecular complexity index is 1570. The molecule has 7 heteroatoms. The van der Waals surface area contributed by atoms with Gasteiger partial charge >= 0.3 is 12.1 Å². The molecule has 46 heavy (non-hydrogen) atoms. The first-order valence-corrected chi connectivity index (χ1v) is 15.7. The van der Waals surface area contributed by atoms with Gasteiger partial charge in [-0.15, -0.1) is 0 Å². The molecule has 0 radical (unpaired) electrons. The molecule has 4 aromatic rings. The van der Waals surface area contributed by atoms with Gasteiger partial charge in [0.05, 0.1) is 0 Å². The SMILES string of the molecule is C=CCOC(=O)[C@H](CC(C)C)NC(=O)[C@@H](NC(=O)OCC1c2ccccc2-c2ccccc21)C(c1ccccc1)c1ccccc1. The molecule has 236 valence electrons. The van der Waals surface area contributed by atoms with Gasteiger partial charge in [-0.05, 0) is 45.7 Å². The highest BCUT2D eigenvalue weighted by molar-refractivity contribution is 5.91. The normalized spacial score (nSPS) is 13.3. The standard InChI is InChI=1S/C39H40N2O5/c1-4-23-45-38(43)34(24-26(2)3)40-37(42)36(35(27-15-7-5-8-16-27)28-17-9-6-10-18-28)41-39(44)46-25-33-31-21-13-11-19-29(31)30-20-12-14-22-32(30)33/h4-22,26,33-36H,1,23-25H2,2-3H3,(H,40,42)(H,41,44)/t34-,36-/m0/s1. The van der Waals surface area contributed by atoms with Crippen molar-refractivity contribution in [3.63, 3.8) is 0 Å². The maximum absolute atomic E-state index is 14.2. The predicted molar refractivity (Wildman–Crippen MR) is 179 cm³/mol.